The summed E-state index contributed by atoms with van der Waals surface area (Å²) < 4.78 is 6.27. The van der Waals surface area contributed by atoms with E-state index in [4.69, 9.17) is 16.3 Å². The van der Waals surface area contributed by atoms with Crippen molar-refractivity contribution in [2.75, 3.05) is 20.2 Å². The number of ketones is 2. The zero-order valence-electron chi connectivity index (χ0n) is 22.1. The van der Waals surface area contributed by atoms with Gasteiger partial charge >= 0.3 is 6.09 Å². The fourth-order valence-electron chi connectivity index (χ4n) is 4.63. The van der Waals surface area contributed by atoms with E-state index in [0.29, 0.717) is 47.8 Å². The number of nitrogens with zero attached hydrogens (tertiary/aromatic N) is 5. The Balaban J connectivity index is 1.49. The van der Waals surface area contributed by atoms with Crippen molar-refractivity contribution in [3.63, 3.8) is 0 Å². The van der Waals surface area contributed by atoms with Gasteiger partial charge in [-0.25, -0.2) is 4.79 Å². The van der Waals surface area contributed by atoms with Gasteiger partial charge in [-0.15, -0.1) is 5.10 Å². The minimum atomic E-state index is -0.787. The van der Waals surface area contributed by atoms with Crippen LogP contribution in [0.4, 0.5) is 4.79 Å². The van der Waals surface area contributed by atoms with E-state index in [9.17, 15) is 19.2 Å². The number of amides is 2. The highest BCUT2D eigenvalue weighted by atomic mass is 35.5. The zero-order chi connectivity index (χ0) is 28.6. The first-order valence-electron chi connectivity index (χ1n) is 12.7. The van der Waals surface area contributed by atoms with Gasteiger partial charge in [-0.3, -0.25) is 14.4 Å². The van der Waals surface area contributed by atoms with E-state index in [1.165, 1.54) is 31.1 Å². The number of methoxy groups -OCH3 is 1. The van der Waals surface area contributed by atoms with Crippen LogP contribution in [-0.4, -0.2) is 74.9 Å². The molecule has 0 saturated carbocycles. The van der Waals surface area contributed by atoms with Gasteiger partial charge < -0.3 is 15.0 Å². The van der Waals surface area contributed by atoms with Crippen molar-refractivity contribution in [1.29, 1.82) is 0 Å². The van der Waals surface area contributed by atoms with Gasteiger partial charge in [0, 0.05) is 41.7 Å². The average molecular weight is 565 g/mol. The summed E-state index contributed by atoms with van der Waals surface area (Å²) in [6.45, 7) is 2.44. The molecule has 3 aromatic rings. The molecule has 1 fully saturated rings. The zero-order valence-corrected chi connectivity index (χ0v) is 22.9. The van der Waals surface area contributed by atoms with Crippen molar-refractivity contribution in [1.82, 2.24) is 30.4 Å². The van der Waals surface area contributed by atoms with Gasteiger partial charge in [0.2, 0.25) is 5.91 Å². The smallest absolute Gasteiger partial charge is 0.409 e. The molecule has 4 rings (SSSR count). The third-order valence-electron chi connectivity index (χ3n) is 6.73. The van der Waals surface area contributed by atoms with Crippen molar-refractivity contribution < 1.29 is 23.9 Å². The van der Waals surface area contributed by atoms with E-state index in [2.05, 4.69) is 20.8 Å². The lowest BCUT2D eigenvalue weighted by Gasteiger charge is -2.21. The molecule has 0 spiro atoms. The maximum atomic E-state index is 13.4. The Hall–Kier alpha value is -4.38. The first kappa shape index (κ1) is 28.6. The van der Waals surface area contributed by atoms with Crippen LogP contribution < -0.4 is 5.32 Å². The molecule has 1 N–H and O–H groups in total. The molecule has 0 radical (unpaired) electrons. The summed E-state index contributed by atoms with van der Waals surface area (Å²) in [6, 6.07) is 11.1. The lowest BCUT2D eigenvalue weighted by Crippen LogP contribution is -2.42. The first-order chi connectivity index (χ1) is 19.2. The molecule has 1 unspecified atom stereocenters. The lowest BCUT2D eigenvalue weighted by atomic mass is 9.93. The first-order valence-corrected chi connectivity index (χ1v) is 13.1. The van der Waals surface area contributed by atoms with Crippen molar-refractivity contribution in [2.24, 2.45) is 5.92 Å². The molecule has 0 bridgehead atoms. The average Bonchev–Trinajstić information content (AvgIpc) is 3.64. The van der Waals surface area contributed by atoms with Gasteiger partial charge in [0.1, 0.15) is 6.33 Å². The summed E-state index contributed by atoms with van der Waals surface area (Å²) in [6.07, 6.45) is 5.06. The molecule has 208 valence electrons. The molecule has 1 aromatic heterocycles. The van der Waals surface area contributed by atoms with Gasteiger partial charge in [-0.1, -0.05) is 35.9 Å². The molecule has 2 amide bonds. The third-order valence-corrected chi connectivity index (χ3v) is 6.97. The number of Topliss-reactive ketones (excluding diaryl/α,β-unsaturated/α-hetero) is 2. The van der Waals surface area contributed by atoms with E-state index in [0.717, 1.165) is 5.56 Å². The van der Waals surface area contributed by atoms with E-state index in [-0.39, 0.29) is 23.9 Å². The monoisotopic (exact) mass is 564 g/mol. The van der Waals surface area contributed by atoms with Crippen LogP contribution in [0.1, 0.15) is 41.3 Å². The highest BCUT2D eigenvalue weighted by Crippen LogP contribution is 2.23. The summed E-state index contributed by atoms with van der Waals surface area (Å²) in [7, 11) is 1.33. The van der Waals surface area contributed by atoms with E-state index >= 15 is 0 Å². The quantitative estimate of drug-likeness (QED) is 0.292. The molecule has 2 atom stereocenters. The Morgan fingerprint density at radius 1 is 1.18 bits per heavy atom. The van der Waals surface area contributed by atoms with Crippen LogP contribution in [-0.2, 0) is 20.7 Å². The molecule has 1 aliphatic rings. The van der Waals surface area contributed by atoms with Crippen LogP contribution in [0.5, 0.6) is 0 Å². The second-order valence-corrected chi connectivity index (χ2v) is 9.99. The molecule has 11 nitrogen and oxygen atoms in total. The number of hydrogen-bond donors (Lipinski definition) is 1. The molecule has 2 heterocycles. The van der Waals surface area contributed by atoms with Crippen LogP contribution in [0.2, 0.25) is 5.02 Å². The fourth-order valence-corrected chi connectivity index (χ4v) is 4.81. The number of carbonyl (C=O) groups is 4. The fraction of sp³-hybridized carbons (Fsp3) is 0.321. The number of hydrogen-bond acceptors (Lipinski definition) is 8. The van der Waals surface area contributed by atoms with Crippen LogP contribution in [0.15, 0.2) is 54.9 Å². The van der Waals surface area contributed by atoms with E-state index < -0.39 is 18.0 Å². The predicted molar refractivity (Wildman–Crippen MR) is 147 cm³/mol. The van der Waals surface area contributed by atoms with Gasteiger partial charge in [0.25, 0.3) is 0 Å². The molecule has 1 saturated heterocycles. The van der Waals surface area contributed by atoms with Gasteiger partial charge in [-0.2, -0.15) is 4.68 Å². The highest BCUT2D eigenvalue weighted by molar-refractivity contribution is 6.30. The SMILES string of the molecule is COC(=O)N1CCC(C[C@H](NC(=O)/C=C/c2cc(Cl)ccc2-n2cnnn2)C(=O)Cc2ccc(C(C)=O)cc2)C1. The number of nitrogens with one attached hydrogen (secondary N) is 1. The summed E-state index contributed by atoms with van der Waals surface area (Å²) in [5.41, 5.74) is 2.52. The van der Waals surface area contributed by atoms with Gasteiger partial charge in [0.15, 0.2) is 11.6 Å². The maximum absolute atomic E-state index is 13.4. The maximum Gasteiger partial charge on any atom is 0.409 e. The van der Waals surface area contributed by atoms with Crippen LogP contribution in [0.25, 0.3) is 11.8 Å². The molecule has 40 heavy (non-hydrogen) atoms. The van der Waals surface area contributed by atoms with Crippen molar-refractivity contribution in [3.8, 4) is 5.69 Å². The number of likely N-dealkylation sites (tertiary alicyclic amines) is 1. The summed E-state index contributed by atoms with van der Waals surface area (Å²) >= 11 is 6.17. The summed E-state index contributed by atoms with van der Waals surface area (Å²) in [4.78, 5) is 51.6. The standard InChI is InChI=1S/C28H29ClN6O5/c1-18(36)21-5-3-19(4-6-21)14-26(37)24(13-20-11-12-34(16-20)28(39)40-2)31-27(38)10-7-22-15-23(29)8-9-25(22)35-17-30-32-33-35/h3-10,15,17,20,24H,11-14,16H2,1-2H3,(H,31,38)/b10-7+/t20?,24-/m0/s1. The van der Waals surface area contributed by atoms with Crippen molar-refractivity contribution >= 4 is 41.2 Å². The third kappa shape index (κ3) is 7.38. The highest BCUT2D eigenvalue weighted by Gasteiger charge is 2.31. The van der Waals surface area contributed by atoms with E-state index in [1.54, 1.807) is 53.4 Å². The number of aromatic nitrogens is 4. The second kappa shape index (κ2) is 13.1. The Labute approximate surface area is 236 Å². The van der Waals surface area contributed by atoms with Gasteiger partial charge in [-0.05, 0) is 65.9 Å². The Morgan fingerprint density at radius 2 is 1.95 bits per heavy atom. The molecule has 1 aliphatic heterocycles. The molecule has 0 aliphatic carbocycles. The topological polar surface area (TPSA) is 136 Å². The minimum Gasteiger partial charge on any atom is -0.453 e. The number of rotatable bonds is 10. The second-order valence-electron chi connectivity index (χ2n) is 9.55. The van der Waals surface area contributed by atoms with E-state index in [1.807, 2.05) is 0 Å². The molecular formula is C28H29ClN6O5. The normalized spacial score (nSPS) is 15.7. The summed E-state index contributed by atoms with van der Waals surface area (Å²) in [5.74, 6) is -0.687. The largest absolute Gasteiger partial charge is 0.453 e. The summed E-state index contributed by atoms with van der Waals surface area (Å²) in [5, 5.41) is 14.5. The number of halogens is 1. The molecule has 12 heteroatoms. The van der Waals surface area contributed by atoms with Crippen LogP contribution >= 0.6 is 11.6 Å². The Bertz CT molecular complexity index is 1410. The van der Waals surface area contributed by atoms with Crippen LogP contribution in [0.3, 0.4) is 0 Å². The Morgan fingerprint density at radius 3 is 2.62 bits per heavy atom. The lowest BCUT2D eigenvalue weighted by molar-refractivity contribution is -0.125. The van der Waals surface area contributed by atoms with Crippen LogP contribution in [0, 0.1) is 5.92 Å². The number of benzene rings is 2. The number of carbonyl (C=O) groups excluding carboxylic acids is 4. The number of tetrazole rings is 1. The van der Waals surface area contributed by atoms with Crippen molar-refractivity contribution in [2.45, 2.75) is 32.2 Å². The van der Waals surface area contributed by atoms with Crippen molar-refractivity contribution in [3.05, 3.63) is 76.6 Å². The van der Waals surface area contributed by atoms with Gasteiger partial charge in [0.05, 0.1) is 18.8 Å². The molecule has 2 aromatic carbocycles. The predicted octanol–water partition coefficient (Wildman–Crippen LogP) is 3.31. The molecular weight excluding hydrogens is 536 g/mol. The minimum absolute atomic E-state index is 0.0109. The number of ether oxygens (including phenoxy) is 1. The Kier molecular flexibility index (Phi) is 9.39.